The molecular formula is C21H24ClN2O4S+. The highest BCUT2D eigenvalue weighted by molar-refractivity contribution is 7.18. The van der Waals surface area contributed by atoms with E-state index in [4.69, 9.17) is 18.6 Å². The van der Waals surface area contributed by atoms with Gasteiger partial charge in [0.1, 0.15) is 11.2 Å². The van der Waals surface area contributed by atoms with Gasteiger partial charge in [0.15, 0.2) is 0 Å². The van der Waals surface area contributed by atoms with Crippen molar-refractivity contribution in [1.82, 2.24) is 0 Å². The smallest absolute Gasteiger partial charge is 0.262 e. The Morgan fingerprint density at radius 1 is 1.00 bits per heavy atom. The van der Waals surface area contributed by atoms with Gasteiger partial charge in [-0.3, -0.25) is 0 Å². The van der Waals surface area contributed by atoms with Crippen LogP contribution in [0.15, 0.2) is 60.7 Å². The fourth-order valence-corrected chi connectivity index (χ4v) is 3.83. The maximum Gasteiger partial charge on any atom is 0.262 e. The summed E-state index contributed by atoms with van der Waals surface area (Å²) in [5.41, 5.74) is 3.75. The second-order valence-electron chi connectivity index (χ2n) is 6.25. The van der Waals surface area contributed by atoms with Crippen molar-refractivity contribution < 1.29 is 33.4 Å². The van der Waals surface area contributed by atoms with Crippen LogP contribution in [0.25, 0.3) is 22.4 Å². The average molecular weight is 436 g/mol. The van der Waals surface area contributed by atoms with Crippen molar-refractivity contribution in [3.8, 4) is 0 Å². The molecule has 0 bridgehead atoms. The molecule has 0 aliphatic rings. The quantitative estimate of drug-likeness (QED) is 0.474. The Balaban J connectivity index is 0.000000537. The predicted octanol–water partition coefficient (Wildman–Crippen LogP) is 0.877. The number of hydrogen-bond acceptors (Lipinski definition) is 6. The number of aromatic nitrogens is 1. The molecule has 0 fully saturated rings. The fraction of sp³-hybridized carbons (Fsp3) is 0.190. The first-order valence-corrected chi connectivity index (χ1v) is 10.9. The summed E-state index contributed by atoms with van der Waals surface area (Å²) in [7, 11) is -0.580. The van der Waals surface area contributed by atoms with E-state index < -0.39 is 10.2 Å². The van der Waals surface area contributed by atoms with Crippen molar-refractivity contribution in [1.29, 1.82) is 0 Å². The van der Waals surface area contributed by atoms with E-state index in [1.807, 2.05) is 11.3 Å². The lowest BCUT2D eigenvalue weighted by atomic mass is 10.2. The van der Waals surface area contributed by atoms with E-state index >= 15 is 0 Å². The molecule has 2 aromatic carbocycles. The molecular weight excluding hydrogens is 412 g/mol. The van der Waals surface area contributed by atoms with Crippen LogP contribution in [0.5, 0.6) is 0 Å². The molecule has 0 saturated carbocycles. The van der Waals surface area contributed by atoms with Crippen molar-refractivity contribution in [3.63, 3.8) is 0 Å². The lowest BCUT2D eigenvalue weighted by Gasteiger charge is -2.11. The van der Waals surface area contributed by atoms with E-state index in [-0.39, 0.29) is 0 Å². The van der Waals surface area contributed by atoms with Gasteiger partial charge in [-0.15, -0.1) is 0 Å². The molecule has 154 valence electrons. The van der Waals surface area contributed by atoms with E-state index in [0.717, 1.165) is 6.54 Å². The van der Waals surface area contributed by atoms with Crippen LogP contribution in [0.4, 0.5) is 5.69 Å². The zero-order valence-corrected chi connectivity index (χ0v) is 18.1. The van der Waals surface area contributed by atoms with Gasteiger partial charge >= 0.3 is 0 Å². The summed E-state index contributed by atoms with van der Waals surface area (Å²) in [6.45, 7) is 3.18. The second kappa shape index (κ2) is 10.5. The number of fused-ring (bicyclic) bond motifs is 1. The van der Waals surface area contributed by atoms with Crippen molar-refractivity contribution in [2.75, 3.05) is 19.0 Å². The van der Waals surface area contributed by atoms with Crippen molar-refractivity contribution in [2.45, 2.75) is 13.5 Å². The highest BCUT2D eigenvalue weighted by Crippen LogP contribution is 2.21. The number of thiazole rings is 1. The Kier molecular flexibility index (Phi) is 8.33. The summed E-state index contributed by atoms with van der Waals surface area (Å²) in [4.78, 5) is 2.11. The highest BCUT2D eigenvalue weighted by Gasteiger charge is 2.15. The molecule has 1 N–H and O–H groups in total. The van der Waals surface area contributed by atoms with Gasteiger partial charge < -0.3 is 4.90 Å². The topological polar surface area (TPSA) is 96.5 Å². The normalized spacial score (nSPS) is 11.8. The minimum atomic E-state index is -4.69. The highest BCUT2D eigenvalue weighted by atomic mass is 35.7. The van der Waals surface area contributed by atoms with Crippen LogP contribution in [-0.2, 0) is 6.54 Å². The summed E-state index contributed by atoms with van der Waals surface area (Å²) in [5, 5.41) is 1.28. The number of halogens is 1. The van der Waals surface area contributed by atoms with Crippen LogP contribution >= 0.6 is 11.3 Å². The standard InChI is InChI=1S/C21H23N2S.ClHO4/c1-4-23-19-10-6-7-11-20(19)24-21(23)12-8-5-9-17-13-15-18(16-14-17)22(2)3;2-1(3,4)5/h5-16H,4H2,1-3H3;(H,2,3,4,5)/q+1;. The van der Waals surface area contributed by atoms with E-state index in [9.17, 15) is 0 Å². The first-order valence-electron chi connectivity index (χ1n) is 8.85. The molecule has 1 aromatic heterocycles. The predicted molar refractivity (Wildman–Crippen MR) is 109 cm³/mol. The van der Waals surface area contributed by atoms with Gasteiger partial charge in [0, 0.05) is 31.9 Å². The molecule has 0 radical (unpaired) electrons. The molecule has 3 aromatic rings. The minimum Gasteiger partial charge on any atom is -0.378 e. The number of rotatable bonds is 5. The third-order valence-corrected chi connectivity index (χ3v) is 5.13. The molecule has 3 rings (SSSR count). The second-order valence-corrected chi connectivity index (χ2v) is 8.11. The van der Waals surface area contributed by atoms with Crippen molar-refractivity contribution >= 4 is 39.4 Å². The molecule has 0 atom stereocenters. The first kappa shape index (κ1) is 23.0. The number of aryl methyl sites for hydroxylation is 1. The third kappa shape index (κ3) is 7.58. The van der Waals surface area contributed by atoms with E-state index in [1.54, 1.807) is 0 Å². The van der Waals surface area contributed by atoms with Gasteiger partial charge in [0.2, 0.25) is 5.52 Å². The Labute approximate surface area is 176 Å². The maximum atomic E-state index is 8.60. The summed E-state index contributed by atoms with van der Waals surface area (Å²) < 4.78 is 36.4. The monoisotopic (exact) mass is 435 g/mol. The molecule has 0 unspecified atom stereocenters. The van der Waals surface area contributed by atoms with Crippen molar-refractivity contribution in [2.24, 2.45) is 0 Å². The van der Waals surface area contributed by atoms with Gasteiger partial charge in [-0.1, -0.05) is 53.8 Å². The summed E-state index contributed by atoms with van der Waals surface area (Å²) >= 11 is 1.84. The number of anilines is 1. The van der Waals surface area contributed by atoms with Crippen LogP contribution in [0.3, 0.4) is 0 Å². The van der Waals surface area contributed by atoms with Crippen LogP contribution < -0.4 is 23.4 Å². The SMILES string of the molecule is CC[n+]1c(C=CC=Cc2ccc(N(C)C)cc2)sc2ccccc21.[O-][Cl+3]([O-])([O-])O. The van der Waals surface area contributed by atoms with Crippen LogP contribution in [0.1, 0.15) is 17.5 Å². The number of allylic oxidation sites excluding steroid dienone is 2. The lowest BCUT2D eigenvalue weighted by Crippen LogP contribution is -2.58. The largest absolute Gasteiger partial charge is 0.378 e. The van der Waals surface area contributed by atoms with Crippen LogP contribution in [0.2, 0.25) is 0 Å². The van der Waals surface area contributed by atoms with Gasteiger partial charge in [-0.2, -0.15) is 18.5 Å². The molecule has 0 amide bonds. The Bertz CT molecular complexity index is 971. The molecule has 6 nitrogen and oxygen atoms in total. The molecule has 1 heterocycles. The average Bonchev–Trinajstić information content (AvgIpc) is 3.01. The summed E-state index contributed by atoms with van der Waals surface area (Å²) in [6, 6.07) is 17.1. The Hall–Kier alpha value is -2.26. The van der Waals surface area contributed by atoms with E-state index in [2.05, 4.69) is 103 Å². The molecule has 29 heavy (non-hydrogen) atoms. The minimum absolute atomic E-state index is 0.986. The zero-order chi connectivity index (χ0) is 21.4. The number of nitrogens with zero attached hydrogens (tertiary/aromatic N) is 2. The zero-order valence-electron chi connectivity index (χ0n) is 16.5. The third-order valence-electron chi connectivity index (χ3n) is 4.00. The first-order chi connectivity index (χ1) is 13.7. The molecule has 8 heteroatoms. The fourth-order valence-electron chi connectivity index (χ4n) is 2.69. The van der Waals surface area contributed by atoms with Crippen molar-refractivity contribution in [3.05, 3.63) is 71.3 Å². The lowest BCUT2D eigenvalue weighted by molar-refractivity contribution is -1.92. The molecule has 0 aliphatic carbocycles. The van der Waals surface area contributed by atoms with E-state index in [1.165, 1.54) is 26.5 Å². The van der Waals surface area contributed by atoms with Gasteiger partial charge in [0.05, 0.1) is 14.9 Å². The molecule has 0 saturated heterocycles. The van der Waals surface area contributed by atoms with Gasteiger partial charge in [-0.25, -0.2) is 0 Å². The number of benzene rings is 2. The van der Waals surface area contributed by atoms with E-state index in [0.29, 0.717) is 0 Å². The van der Waals surface area contributed by atoms with Gasteiger partial charge in [0.25, 0.3) is 5.01 Å². The van der Waals surface area contributed by atoms with Crippen LogP contribution in [-0.4, -0.2) is 18.8 Å². The molecule has 0 aliphatic heterocycles. The van der Waals surface area contributed by atoms with Gasteiger partial charge in [-0.05, 0) is 30.7 Å². The number of para-hydroxylation sites is 1. The van der Waals surface area contributed by atoms with Crippen LogP contribution in [0, 0.1) is 10.2 Å². The number of hydrogen-bond donors (Lipinski definition) is 1. The Morgan fingerprint density at radius 3 is 2.17 bits per heavy atom. The summed E-state index contributed by atoms with van der Waals surface area (Å²) in [5.74, 6) is 0. The summed E-state index contributed by atoms with van der Waals surface area (Å²) in [6.07, 6.45) is 8.56. The molecule has 0 spiro atoms. The Morgan fingerprint density at radius 2 is 1.59 bits per heavy atom. The maximum absolute atomic E-state index is 8.60.